The van der Waals surface area contributed by atoms with Gasteiger partial charge in [0.15, 0.2) is 0 Å². The maximum absolute atomic E-state index is 12.4. The number of fused-ring (bicyclic) bond motifs is 1. The lowest BCUT2D eigenvalue weighted by molar-refractivity contribution is -0.144. The molecule has 0 saturated carbocycles. The Morgan fingerprint density at radius 3 is 2.62 bits per heavy atom. The molecule has 1 atom stereocenters. The van der Waals surface area contributed by atoms with Gasteiger partial charge in [0.2, 0.25) is 0 Å². The van der Waals surface area contributed by atoms with E-state index in [2.05, 4.69) is 5.32 Å². The third-order valence-corrected chi connectivity index (χ3v) is 3.85. The minimum Gasteiger partial charge on any atom is -0.506 e. The Balaban J connectivity index is 2.11. The largest absolute Gasteiger partial charge is 0.506 e. The molecule has 24 heavy (non-hydrogen) atoms. The zero-order valence-corrected chi connectivity index (χ0v) is 14.4. The molecule has 1 amide bonds. The van der Waals surface area contributed by atoms with E-state index in [4.69, 9.17) is 16.3 Å². The van der Waals surface area contributed by atoms with E-state index in [9.17, 15) is 14.7 Å². The first kappa shape index (κ1) is 18.1. The molecule has 0 aliphatic rings. The van der Waals surface area contributed by atoms with E-state index in [1.165, 1.54) is 6.07 Å². The molecule has 2 rings (SSSR count). The number of aromatic hydroxyl groups is 1. The molecule has 6 heteroatoms. The number of phenolic OH excluding ortho intramolecular Hbond substituents is 1. The summed E-state index contributed by atoms with van der Waals surface area (Å²) in [7, 11) is 0. The number of hydrogen-bond acceptors (Lipinski definition) is 4. The zero-order valence-electron chi connectivity index (χ0n) is 13.6. The minimum absolute atomic E-state index is 0.0760. The molecule has 0 saturated heterocycles. The third-order valence-electron chi connectivity index (χ3n) is 3.54. The highest BCUT2D eigenvalue weighted by atomic mass is 35.5. The van der Waals surface area contributed by atoms with Gasteiger partial charge < -0.3 is 15.2 Å². The van der Waals surface area contributed by atoms with Crippen molar-refractivity contribution in [1.29, 1.82) is 0 Å². The van der Waals surface area contributed by atoms with Crippen LogP contribution in [0, 0.1) is 0 Å². The van der Waals surface area contributed by atoms with Crippen LogP contribution in [0.5, 0.6) is 5.75 Å². The molecule has 0 heterocycles. The fourth-order valence-electron chi connectivity index (χ4n) is 2.33. The minimum atomic E-state index is -0.473. The van der Waals surface area contributed by atoms with Crippen molar-refractivity contribution in [2.24, 2.45) is 0 Å². The van der Waals surface area contributed by atoms with Crippen LogP contribution in [0.2, 0.25) is 5.02 Å². The number of amides is 1. The van der Waals surface area contributed by atoms with Gasteiger partial charge in [-0.25, -0.2) is 0 Å². The molecule has 5 nitrogen and oxygen atoms in total. The number of rotatable bonds is 6. The van der Waals surface area contributed by atoms with E-state index in [1.807, 2.05) is 6.92 Å². The van der Waals surface area contributed by atoms with Crippen LogP contribution in [0.25, 0.3) is 10.8 Å². The van der Waals surface area contributed by atoms with Crippen molar-refractivity contribution in [2.45, 2.75) is 32.7 Å². The van der Waals surface area contributed by atoms with Crippen LogP contribution >= 0.6 is 11.6 Å². The first-order valence-corrected chi connectivity index (χ1v) is 8.18. The van der Waals surface area contributed by atoms with Crippen molar-refractivity contribution >= 4 is 34.2 Å². The number of ether oxygens (including phenoxy) is 1. The monoisotopic (exact) mass is 349 g/mol. The summed E-state index contributed by atoms with van der Waals surface area (Å²) in [6.45, 7) is 3.68. The van der Waals surface area contributed by atoms with Gasteiger partial charge in [0.05, 0.1) is 11.6 Å². The quantitative estimate of drug-likeness (QED) is 0.780. The van der Waals surface area contributed by atoms with Gasteiger partial charge in [-0.15, -0.1) is 0 Å². The molecule has 2 N–H and O–H groups in total. The Hall–Kier alpha value is -2.27. The van der Waals surface area contributed by atoms with E-state index in [-0.39, 0.29) is 29.9 Å². The van der Waals surface area contributed by atoms with Crippen molar-refractivity contribution in [3.63, 3.8) is 0 Å². The molecular weight excluding hydrogens is 330 g/mol. The molecule has 0 spiro atoms. The number of carbonyl (C=O) groups excluding carboxylic acids is 2. The SMILES string of the molecule is CCCC(=O)OC[C@H](C)NC(=O)c1cc(Cl)c2ccccc2c1O. The summed E-state index contributed by atoms with van der Waals surface area (Å²) in [4.78, 5) is 23.7. The standard InChI is InChI=1S/C18H20ClNO4/c1-3-6-16(21)24-10-11(2)20-18(23)14-9-15(19)12-7-4-5-8-13(12)17(14)22/h4-5,7-9,11,22H,3,6,10H2,1-2H3,(H,20,23)/t11-/m0/s1. The predicted octanol–water partition coefficient (Wildman–Crippen LogP) is 3.66. The van der Waals surface area contributed by atoms with Crippen LogP contribution in [0.1, 0.15) is 37.0 Å². The van der Waals surface area contributed by atoms with E-state index in [1.54, 1.807) is 31.2 Å². The Kier molecular flexibility index (Phi) is 6.04. The summed E-state index contributed by atoms with van der Waals surface area (Å²) < 4.78 is 5.06. The van der Waals surface area contributed by atoms with E-state index >= 15 is 0 Å². The highest BCUT2D eigenvalue weighted by Crippen LogP contribution is 2.34. The normalized spacial score (nSPS) is 12.0. The van der Waals surface area contributed by atoms with Gasteiger partial charge in [-0.2, -0.15) is 0 Å². The molecule has 2 aromatic rings. The predicted molar refractivity (Wildman–Crippen MR) is 93.4 cm³/mol. The zero-order chi connectivity index (χ0) is 17.7. The summed E-state index contributed by atoms with van der Waals surface area (Å²) >= 11 is 6.19. The van der Waals surface area contributed by atoms with Crippen molar-refractivity contribution in [3.05, 3.63) is 40.9 Å². The van der Waals surface area contributed by atoms with Crippen molar-refractivity contribution in [2.75, 3.05) is 6.61 Å². The van der Waals surface area contributed by atoms with Gasteiger partial charge in [-0.1, -0.05) is 42.8 Å². The lowest BCUT2D eigenvalue weighted by Crippen LogP contribution is -2.36. The summed E-state index contributed by atoms with van der Waals surface area (Å²) in [6, 6.07) is 8.08. The van der Waals surface area contributed by atoms with Gasteiger partial charge >= 0.3 is 5.97 Å². The lowest BCUT2D eigenvalue weighted by atomic mass is 10.0. The average molecular weight is 350 g/mol. The van der Waals surface area contributed by atoms with Gasteiger partial charge in [-0.3, -0.25) is 9.59 Å². The molecule has 2 aromatic carbocycles. The molecule has 0 bridgehead atoms. The number of halogens is 1. The molecular formula is C18H20ClNO4. The summed E-state index contributed by atoms with van der Waals surface area (Å²) in [6.07, 6.45) is 1.06. The van der Waals surface area contributed by atoms with Gasteiger partial charge in [0.1, 0.15) is 12.4 Å². The van der Waals surface area contributed by atoms with Crippen molar-refractivity contribution in [3.8, 4) is 5.75 Å². The van der Waals surface area contributed by atoms with E-state index in [0.29, 0.717) is 28.6 Å². The number of carbonyl (C=O) groups is 2. The second kappa shape index (κ2) is 8.02. The van der Waals surface area contributed by atoms with Crippen LogP contribution < -0.4 is 5.32 Å². The Morgan fingerprint density at radius 2 is 1.96 bits per heavy atom. The molecule has 0 aliphatic carbocycles. The van der Waals surface area contributed by atoms with E-state index in [0.717, 1.165) is 0 Å². The number of phenols is 1. The van der Waals surface area contributed by atoms with Crippen molar-refractivity contribution in [1.82, 2.24) is 5.32 Å². The van der Waals surface area contributed by atoms with Crippen LogP contribution in [-0.4, -0.2) is 29.6 Å². The number of hydrogen-bond donors (Lipinski definition) is 2. The van der Waals surface area contributed by atoms with Crippen LogP contribution in [-0.2, 0) is 9.53 Å². The maximum Gasteiger partial charge on any atom is 0.305 e. The average Bonchev–Trinajstić information content (AvgIpc) is 2.56. The highest BCUT2D eigenvalue weighted by molar-refractivity contribution is 6.36. The summed E-state index contributed by atoms with van der Waals surface area (Å²) in [5.74, 6) is -0.892. The Morgan fingerprint density at radius 1 is 1.29 bits per heavy atom. The van der Waals surface area contributed by atoms with Crippen LogP contribution in [0.15, 0.2) is 30.3 Å². The fourth-order valence-corrected chi connectivity index (χ4v) is 2.60. The second-order valence-corrected chi connectivity index (χ2v) is 6.01. The van der Waals surface area contributed by atoms with Gasteiger partial charge in [0.25, 0.3) is 5.91 Å². The first-order valence-electron chi connectivity index (χ1n) is 7.80. The summed E-state index contributed by atoms with van der Waals surface area (Å²) in [5, 5.41) is 14.6. The third kappa shape index (κ3) is 4.17. The highest BCUT2D eigenvalue weighted by Gasteiger charge is 2.18. The Labute approximate surface area is 145 Å². The molecule has 0 unspecified atom stereocenters. The van der Waals surface area contributed by atoms with Gasteiger partial charge in [0, 0.05) is 22.2 Å². The Bertz CT molecular complexity index is 760. The number of esters is 1. The van der Waals surface area contributed by atoms with E-state index < -0.39 is 5.91 Å². The maximum atomic E-state index is 12.4. The fraction of sp³-hybridized carbons (Fsp3) is 0.333. The van der Waals surface area contributed by atoms with Crippen LogP contribution in [0.4, 0.5) is 0 Å². The first-order chi connectivity index (χ1) is 11.4. The van der Waals surface area contributed by atoms with Crippen LogP contribution in [0.3, 0.4) is 0 Å². The lowest BCUT2D eigenvalue weighted by Gasteiger charge is -2.15. The molecule has 0 aliphatic heterocycles. The number of nitrogens with one attached hydrogen (secondary N) is 1. The molecule has 0 fully saturated rings. The molecule has 0 aromatic heterocycles. The second-order valence-electron chi connectivity index (χ2n) is 5.61. The molecule has 128 valence electrons. The summed E-state index contributed by atoms with van der Waals surface area (Å²) in [5.41, 5.74) is 0.0884. The smallest absolute Gasteiger partial charge is 0.305 e. The molecule has 0 radical (unpaired) electrons. The number of benzene rings is 2. The van der Waals surface area contributed by atoms with Crippen molar-refractivity contribution < 1.29 is 19.4 Å². The topological polar surface area (TPSA) is 75.6 Å². The van der Waals surface area contributed by atoms with Gasteiger partial charge in [-0.05, 0) is 19.4 Å².